The number of rotatable bonds is 8. The molecule has 1 heterocycles. The fraction of sp³-hybridized carbons (Fsp3) is 0.185. The van der Waals surface area contributed by atoms with Gasteiger partial charge in [0.05, 0.1) is 31.9 Å². The number of amides is 2. The Morgan fingerprint density at radius 1 is 0.943 bits per heavy atom. The first-order chi connectivity index (χ1) is 17.0. The van der Waals surface area contributed by atoms with Crippen LogP contribution in [-0.2, 0) is 11.2 Å². The van der Waals surface area contributed by atoms with E-state index in [-0.39, 0.29) is 11.8 Å². The monoisotopic (exact) mass is 490 g/mol. The molecule has 2 N–H and O–H groups in total. The molecule has 3 aromatic rings. The van der Waals surface area contributed by atoms with Gasteiger partial charge in [0.15, 0.2) is 11.5 Å². The first-order valence-electron chi connectivity index (χ1n) is 11.0. The van der Waals surface area contributed by atoms with Crippen molar-refractivity contribution in [3.63, 3.8) is 0 Å². The van der Waals surface area contributed by atoms with E-state index >= 15 is 0 Å². The van der Waals surface area contributed by atoms with Crippen LogP contribution in [0.4, 0.5) is 5.69 Å². The Hall–Kier alpha value is -3.91. The smallest absolute Gasteiger partial charge is 0.262 e. The summed E-state index contributed by atoms with van der Waals surface area (Å²) >= 11 is 1.38. The van der Waals surface area contributed by atoms with Gasteiger partial charge >= 0.3 is 0 Å². The summed E-state index contributed by atoms with van der Waals surface area (Å²) in [6.45, 7) is 0.460. The molecule has 0 unspecified atom stereocenters. The van der Waals surface area contributed by atoms with Gasteiger partial charge in [-0.1, -0.05) is 30.0 Å². The van der Waals surface area contributed by atoms with Crippen LogP contribution in [-0.4, -0.2) is 39.7 Å². The summed E-state index contributed by atoms with van der Waals surface area (Å²) in [6, 6.07) is 18.5. The van der Waals surface area contributed by atoms with E-state index in [1.54, 1.807) is 33.5 Å². The van der Waals surface area contributed by atoms with E-state index in [0.29, 0.717) is 40.6 Å². The van der Waals surface area contributed by atoms with Crippen molar-refractivity contribution in [2.24, 2.45) is 0 Å². The highest BCUT2D eigenvalue weighted by atomic mass is 32.2. The van der Waals surface area contributed by atoms with Gasteiger partial charge in [0.1, 0.15) is 5.75 Å². The Morgan fingerprint density at radius 2 is 1.71 bits per heavy atom. The molecular weight excluding hydrogens is 464 g/mol. The third-order valence-electron chi connectivity index (χ3n) is 5.49. The quantitative estimate of drug-likeness (QED) is 0.443. The average molecular weight is 491 g/mol. The Morgan fingerprint density at radius 3 is 2.43 bits per heavy atom. The van der Waals surface area contributed by atoms with Crippen molar-refractivity contribution >= 4 is 35.3 Å². The molecule has 0 spiro atoms. The Kier molecular flexibility index (Phi) is 7.62. The summed E-state index contributed by atoms with van der Waals surface area (Å²) in [5.41, 5.74) is 3.03. The number of ether oxygens (including phenoxy) is 3. The van der Waals surface area contributed by atoms with Crippen molar-refractivity contribution in [3.05, 3.63) is 82.3 Å². The summed E-state index contributed by atoms with van der Waals surface area (Å²) in [5, 5.41) is 5.83. The van der Waals surface area contributed by atoms with Crippen LogP contribution in [0.25, 0.3) is 6.08 Å². The van der Waals surface area contributed by atoms with Gasteiger partial charge in [-0.15, -0.1) is 0 Å². The van der Waals surface area contributed by atoms with Gasteiger partial charge in [0.2, 0.25) is 0 Å². The number of fused-ring (bicyclic) bond motifs is 1. The summed E-state index contributed by atoms with van der Waals surface area (Å²) in [6.07, 6.45) is 2.47. The van der Waals surface area contributed by atoms with Crippen LogP contribution in [0.1, 0.15) is 21.5 Å². The third-order valence-corrected chi connectivity index (χ3v) is 6.59. The van der Waals surface area contributed by atoms with Crippen LogP contribution in [0.3, 0.4) is 0 Å². The zero-order valence-electron chi connectivity index (χ0n) is 19.7. The normalized spacial score (nSPS) is 13.6. The predicted molar refractivity (Wildman–Crippen MR) is 137 cm³/mol. The molecule has 3 aromatic carbocycles. The first-order valence-corrected chi connectivity index (χ1v) is 11.8. The predicted octanol–water partition coefficient (Wildman–Crippen LogP) is 4.77. The molecule has 0 saturated carbocycles. The fourth-order valence-corrected chi connectivity index (χ4v) is 4.54. The first kappa shape index (κ1) is 24.2. The van der Waals surface area contributed by atoms with Crippen LogP contribution >= 0.6 is 11.8 Å². The lowest BCUT2D eigenvalue weighted by Crippen LogP contribution is -2.26. The van der Waals surface area contributed by atoms with Gasteiger partial charge in [-0.3, -0.25) is 9.59 Å². The number of benzene rings is 3. The van der Waals surface area contributed by atoms with Gasteiger partial charge in [0, 0.05) is 17.0 Å². The lowest BCUT2D eigenvalue weighted by Gasteiger charge is -2.19. The van der Waals surface area contributed by atoms with Crippen LogP contribution in [0.15, 0.2) is 70.5 Å². The minimum absolute atomic E-state index is 0.202. The van der Waals surface area contributed by atoms with E-state index in [0.717, 1.165) is 21.8 Å². The van der Waals surface area contributed by atoms with Gasteiger partial charge in [-0.25, -0.2) is 0 Å². The highest BCUT2D eigenvalue weighted by Gasteiger charge is 2.22. The molecule has 4 rings (SSSR count). The highest BCUT2D eigenvalue weighted by molar-refractivity contribution is 8.04. The molecule has 7 nitrogen and oxygen atoms in total. The second-order valence-electron chi connectivity index (χ2n) is 7.74. The zero-order chi connectivity index (χ0) is 24.8. The number of hydrogen-bond donors (Lipinski definition) is 2. The van der Waals surface area contributed by atoms with Crippen LogP contribution < -0.4 is 24.8 Å². The van der Waals surface area contributed by atoms with Gasteiger partial charge in [-0.05, 0) is 66.1 Å². The molecular formula is C27H26N2O5S. The summed E-state index contributed by atoms with van der Waals surface area (Å²) < 4.78 is 15.8. The molecule has 180 valence electrons. The topological polar surface area (TPSA) is 85.9 Å². The molecule has 0 aromatic heterocycles. The maximum absolute atomic E-state index is 12.7. The lowest BCUT2D eigenvalue weighted by atomic mass is 10.1. The molecule has 0 aliphatic carbocycles. The molecule has 2 amide bonds. The average Bonchev–Trinajstić information content (AvgIpc) is 2.89. The van der Waals surface area contributed by atoms with Crippen molar-refractivity contribution in [1.82, 2.24) is 5.32 Å². The van der Waals surface area contributed by atoms with Gasteiger partial charge in [0.25, 0.3) is 11.8 Å². The Bertz CT molecular complexity index is 1270. The largest absolute Gasteiger partial charge is 0.497 e. The minimum atomic E-state index is -0.204. The van der Waals surface area contributed by atoms with Crippen LogP contribution in [0, 0.1) is 0 Å². The van der Waals surface area contributed by atoms with E-state index in [1.165, 1.54) is 11.8 Å². The molecule has 0 fully saturated rings. The highest BCUT2D eigenvalue weighted by Crippen LogP contribution is 2.39. The van der Waals surface area contributed by atoms with E-state index in [9.17, 15) is 9.59 Å². The standard InChI is InChI=1S/C27H26N2O5S/c1-32-20-8-4-17(5-9-20)15-25-27(31)29-21-16-19(7-11-24(21)35-25)26(30)28-13-12-18-6-10-22(33-2)23(14-18)34-3/h4-11,14-16H,12-13H2,1-3H3,(H,28,30)(H,29,31)/b25-15+. The van der Waals surface area contributed by atoms with E-state index in [2.05, 4.69) is 10.6 Å². The summed E-state index contributed by atoms with van der Waals surface area (Å²) in [7, 11) is 4.80. The number of thioether (sulfide) groups is 1. The minimum Gasteiger partial charge on any atom is -0.497 e. The van der Waals surface area contributed by atoms with Crippen molar-refractivity contribution in [3.8, 4) is 17.2 Å². The van der Waals surface area contributed by atoms with Crippen LogP contribution in [0.2, 0.25) is 0 Å². The summed E-state index contributed by atoms with van der Waals surface area (Å²) in [5.74, 6) is 1.67. The van der Waals surface area contributed by atoms with Crippen molar-refractivity contribution in [2.45, 2.75) is 11.3 Å². The molecule has 0 radical (unpaired) electrons. The number of anilines is 1. The number of hydrogen-bond acceptors (Lipinski definition) is 6. The maximum atomic E-state index is 12.7. The molecule has 0 bridgehead atoms. The maximum Gasteiger partial charge on any atom is 0.262 e. The van der Waals surface area contributed by atoms with Crippen molar-refractivity contribution in [1.29, 1.82) is 0 Å². The molecule has 0 saturated heterocycles. The molecule has 35 heavy (non-hydrogen) atoms. The third kappa shape index (κ3) is 5.78. The van der Waals surface area contributed by atoms with Crippen LogP contribution in [0.5, 0.6) is 17.2 Å². The van der Waals surface area contributed by atoms with E-state index in [4.69, 9.17) is 14.2 Å². The second-order valence-corrected chi connectivity index (χ2v) is 8.83. The summed E-state index contributed by atoms with van der Waals surface area (Å²) in [4.78, 5) is 26.8. The van der Waals surface area contributed by atoms with Crippen molar-refractivity contribution in [2.75, 3.05) is 33.2 Å². The van der Waals surface area contributed by atoms with Crippen molar-refractivity contribution < 1.29 is 23.8 Å². The second kappa shape index (κ2) is 11.0. The number of carbonyl (C=O) groups is 2. The van der Waals surface area contributed by atoms with E-state index < -0.39 is 0 Å². The molecule has 8 heteroatoms. The lowest BCUT2D eigenvalue weighted by molar-refractivity contribution is -0.112. The Balaban J connectivity index is 1.39. The Labute approximate surface area is 208 Å². The molecule has 1 aliphatic rings. The fourth-order valence-electron chi connectivity index (χ4n) is 3.61. The zero-order valence-corrected chi connectivity index (χ0v) is 20.5. The number of methoxy groups -OCH3 is 3. The van der Waals surface area contributed by atoms with Gasteiger partial charge < -0.3 is 24.8 Å². The SMILES string of the molecule is COc1ccc(/C=C2/Sc3ccc(C(=O)NCCc4ccc(OC)c(OC)c4)cc3NC2=O)cc1. The molecule has 1 aliphatic heterocycles. The number of nitrogens with one attached hydrogen (secondary N) is 2. The van der Waals surface area contributed by atoms with E-state index in [1.807, 2.05) is 54.6 Å². The number of carbonyl (C=O) groups excluding carboxylic acids is 2. The molecule has 0 atom stereocenters. The van der Waals surface area contributed by atoms with Gasteiger partial charge in [-0.2, -0.15) is 0 Å².